The van der Waals surface area contributed by atoms with E-state index in [1.54, 1.807) is 50.0 Å². The monoisotopic (exact) mass is 513 g/mol. The first-order valence-electron chi connectivity index (χ1n) is 11.5. The second-order valence-electron chi connectivity index (χ2n) is 8.49. The van der Waals surface area contributed by atoms with Crippen LogP contribution >= 0.6 is 0 Å². The van der Waals surface area contributed by atoms with Crippen molar-refractivity contribution in [2.75, 3.05) is 23.3 Å². The van der Waals surface area contributed by atoms with Crippen LogP contribution in [-0.4, -0.2) is 63.4 Å². The topological polar surface area (TPSA) is 149 Å². The quantitative estimate of drug-likeness (QED) is 0.282. The summed E-state index contributed by atoms with van der Waals surface area (Å²) in [7, 11) is -4.48. The second kappa shape index (κ2) is 12.0. The Morgan fingerprint density at radius 1 is 1.00 bits per heavy atom. The molecular formula is C25H31N5O5S. The Bertz CT molecular complexity index is 1290. The molecule has 0 aliphatic rings. The summed E-state index contributed by atoms with van der Waals surface area (Å²) in [4.78, 5) is 15.0. The molecule has 0 amide bonds. The number of nitrogens with one attached hydrogen (secondary N) is 1. The van der Waals surface area contributed by atoms with E-state index in [4.69, 9.17) is 0 Å². The lowest BCUT2D eigenvalue weighted by Crippen LogP contribution is -2.38. The van der Waals surface area contributed by atoms with Crippen molar-refractivity contribution in [1.29, 1.82) is 0 Å². The summed E-state index contributed by atoms with van der Waals surface area (Å²) in [5, 5.41) is 23.0. The first-order valence-corrected chi connectivity index (χ1v) is 12.9. The van der Waals surface area contributed by atoms with Gasteiger partial charge in [-0.15, -0.1) is 0 Å². The van der Waals surface area contributed by atoms with Crippen molar-refractivity contribution in [3.05, 3.63) is 71.6 Å². The summed E-state index contributed by atoms with van der Waals surface area (Å²) in [6.07, 6.45) is 2.25. The van der Waals surface area contributed by atoms with E-state index in [1.807, 2.05) is 30.3 Å². The second-order valence-corrected chi connectivity index (χ2v) is 9.88. The zero-order chi connectivity index (χ0) is 26.3. The highest BCUT2D eigenvalue weighted by Gasteiger charge is 2.19. The molecule has 0 saturated heterocycles. The number of aliphatic hydroxyl groups excluding tert-OH is 2. The molecule has 2 unspecified atom stereocenters. The highest BCUT2D eigenvalue weighted by molar-refractivity contribution is 7.86. The summed E-state index contributed by atoms with van der Waals surface area (Å²) in [6.45, 7) is 5.37. The fourth-order valence-electron chi connectivity index (χ4n) is 3.62. The highest BCUT2D eigenvalue weighted by atomic mass is 32.2. The number of hydrogen-bond donors (Lipinski definition) is 4. The minimum Gasteiger partial charge on any atom is -0.392 e. The number of nitrogens with zero attached hydrogens (tertiary/aromatic N) is 4. The van der Waals surface area contributed by atoms with Gasteiger partial charge in [-0.2, -0.15) is 23.4 Å². The van der Waals surface area contributed by atoms with Crippen molar-refractivity contribution in [3.63, 3.8) is 0 Å². The fourth-order valence-corrected chi connectivity index (χ4v) is 4.33. The molecule has 192 valence electrons. The van der Waals surface area contributed by atoms with E-state index in [9.17, 15) is 23.2 Å². The van der Waals surface area contributed by atoms with Crippen LogP contribution < -0.4 is 10.2 Å². The lowest BCUT2D eigenvalue weighted by molar-refractivity contribution is 0.177. The summed E-state index contributed by atoms with van der Waals surface area (Å²) in [6, 6.07) is 14.1. The van der Waals surface area contributed by atoms with Crippen LogP contribution in [-0.2, 0) is 16.5 Å². The maximum atomic E-state index is 11.9. The van der Waals surface area contributed by atoms with Crippen molar-refractivity contribution < 1.29 is 23.2 Å². The van der Waals surface area contributed by atoms with Crippen molar-refractivity contribution in [3.8, 4) is 0 Å². The lowest BCUT2D eigenvalue weighted by atomic mass is 10.1. The van der Waals surface area contributed by atoms with Gasteiger partial charge in [-0.1, -0.05) is 48.6 Å². The Hall–Kier alpha value is -3.38. The van der Waals surface area contributed by atoms with Crippen LogP contribution in [0.25, 0.3) is 6.08 Å². The molecule has 0 radical (unpaired) electrons. The van der Waals surface area contributed by atoms with Gasteiger partial charge in [0.05, 0.1) is 12.2 Å². The van der Waals surface area contributed by atoms with Gasteiger partial charge in [0.25, 0.3) is 10.1 Å². The van der Waals surface area contributed by atoms with E-state index in [0.29, 0.717) is 23.5 Å². The highest BCUT2D eigenvalue weighted by Crippen LogP contribution is 2.24. The van der Waals surface area contributed by atoms with Crippen LogP contribution in [0.15, 0.2) is 59.5 Å². The van der Waals surface area contributed by atoms with Crippen LogP contribution in [0.4, 0.5) is 17.6 Å². The van der Waals surface area contributed by atoms with E-state index in [0.717, 1.165) is 5.56 Å². The van der Waals surface area contributed by atoms with Crippen molar-refractivity contribution >= 4 is 33.8 Å². The first-order chi connectivity index (χ1) is 17.0. The average molecular weight is 514 g/mol. The van der Waals surface area contributed by atoms with Gasteiger partial charge in [0, 0.05) is 25.2 Å². The number of aromatic nitrogens is 3. The molecule has 0 aliphatic carbocycles. The van der Waals surface area contributed by atoms with Crippen LogP contribution in [0.3, 0.4) is 0 Å². The summed E-state index contributed by atoms with van der Waals surface area (Å²) >= 11 is 0. The van der Waals surface area contributed by atoms with Gasteiger partial charge in [-0.3, -0.25) is 4.55 Å². The molecule has 10 nitrogen and oxygen atoms in total. The predicted molar refractivity (Wildman–Crippen MR) is 139 cm³/mol. The third-order valence-electron chi connectivity index (χ3n) is 5.02. The van der Waals surface area contributed by atoms with Gasteiger partial charge < -0.3 is 20.4 Å². The molecule has 0 bridgehead atoms. The first kappa shape index (κ1) is 27.2. The van der Waals surface area contributed by atoms with E-state index < -0.39 is 22.3 Å². The van der Waals surface area contributed by atoms with Crippen LogP contribution in [0.2, 0.25) is 0 Å². The minimum atomic E-state index is -4.48. The van der Waals surface area contributed by atoms with Gasteiger partial charge in [0.1, 0.15) is 10.7 Å². The number of allylic oxidation sites excluding steroid dienone is 1. The van der Waals surface area contributed by atoms with Crippen molar-refractivity contribution in [2.24, 2.45) is 0 Å². The Morgan fingerprint density at radius 2 is 1.67 bits per heavy atom. The molecule has 0 fully saturated rings. The Balaban J connectivity index is 2.05. The Labute approximate surface area is 211 Å². The lowest BCUT2D eigenvalue weighted by Gasteiger charge is -2.26. The molecule has 2 aromatic carbocycles. The molecule has 0 saturated carbocycles. The normalized spacial score (nSPS) is 13.5. The van der Waals surface area contributed by atoms with Gasteiger partial charge in [0.2, 0.25) is 11.9 Å². The zero-order valence-electron chi connectivity index (χ0n) is 20.4. The summed E-state index contributed by atoms with van der Waals surface area (Å²) in [5.41, 5.74) is 1.66. The number of anilines is 3. The third-order valence-corrected chi connectivity index (χ3v) is 5.93. The van der Waals surface area contributed by atoms with E-state index in [1.165, 1.54) is 6.07 Å². The molecule has 11 heteroatoms. The fraction of sp³-hybridized carbons (Fsp3) is 0.320. The molecule has 1 heterocycles. The Kier molecular flexibility index (Phi) is 9.10. The largest absolute Gasteiger partial charge is 0.392 e. The summed E-state index contributed by atoms with van der Waals surface area (Å²) in [5.74, 6) is 0.836. The predicted octanol–water partition coefficient (Wildman–Crippen LogP) is 3.05. The van der Waals surface area contributed by atoms with Gasteiger partial charge in [-0.05, 0) is 44.0 Å². The maximum absolute atomic E-state index is 11.9. The van der Waals surface area contributed by atoms with Crippen LogP contribution in [0, 0.1) is 0 Å². The average Bonchev–Trinajstić information content (AvgIpc) is 2.79. The molecule has 1 aromatic heterocycles. The van der Waals surface area contributed by atoms with Gasteiger partial charge in [0.15, 0.2) is 0 Å². The molecular weight excluding hydrogens is 482 g/mol. The maximum Gasteiger partial charge on any atom is 0.295 e. The SMILES string of the molecule is CC=Cc1ccc(Nc2nc(Cc3ccccc3)nc(N(CC(C)O)CC(C)O)n2)cc1S(=O)(=O)O. The molecule has 3 aromatic rings. The van der Waals surface area contributed by atoms with E-state index in [2.05, 4.69) is 20.3 Å². The standard InChI is InChI=1S/C25H31N5O5S/c1-4-8-20-11-12-21(14-22(20)36(33,34)35)26-24-27-23(13-19-9-6-5-7-10-19)28-25(29-24)30(15-17(2)31)16-18(3)32/h4-12,14,17-18,31-32H,13,15-16H2,1-3H3,(H,33,34,35)(H,26,27,28,29). The molecule has 4 N–H and O–H groups in total. The molecule has 3 rings (SSSR count). The Morgan fingerprint density at radius 3 is 2.25 bits per heavy atom. The third kappa shape index (κ3) is 7.82. The molecule has 2 atom stereocenters. The number of rotatable bonds is 11. The smallest absolute Gasteiger partial charge is 0.295 e. The van der Waals surface area contributed by atoms with Crippen LogP contribution in [0.1, 0.15) is 37.7 Å². The molecule has 0 aliphatic heterocycles. The summed E-state index contributed by atoms with van der Waals surface area (Å²) < 4.78 is 33.6. The number of benzene rings is 2. The van der Waals surface area contributed by atoms with E-state index in [-0.39, 0.29) is 29.9 Å². The molecule has 0 spiro atoms. The number of aliphatic hydroxyl groups is 2. The number of hydrogen-bond acceptors (Lipinski definition) is 9. The minimum absolute atomic E-state index is 0.146. The zero-order valence-corrected chi connectivity index (χ0v) is 21.2. The van der Waals surface area contributed by atoms with Gasteiger partial charge in [-0.25, -0.2) is 0 Å². The van der Waals surface area contributed by atoms with Gasteiger partial charge >= 0.3 is 0 Å². The molecule has 36 heavy (non-hydrogen) atoms. The van der Waals surface area contributed by atoms with Crippen molar-refractivity contribution in [1.82, 2.24) is 15.0 Å². The van der Waals surface area contributed by atoms with Crippen molar-refractivity contribution in [2.45, 2.75) is 44.3 Å². The van der Waals surface area contributed by atoms with E-state index >= 15 is 0 Å². The van der Waals surface area contributed by atoms with Crippen LogP contribution in [0.5, 0.6) is 0 Å².